The van der Waals surface area contributed by atoms with Crippen LogP contribution in [0.15, 0.2) is 22.7 Å². The molecule has 1 N–H and O–H groups in total. The Hall–Kier alpha value is -0.540. The molecule has 1 aromatic rings. The predicted molar refractivity (Wildman–Crippen MR) is 75.7 cm³/mol. The van der Waals surface area contributed by atoms with Crippen LogP contribution >= 0.6 is 27.5 Å². The van der Waals surface area contributed by atoms with Gasteiger partial charge in [0, 0.05) is 16.4 Å². The second-order valence-corrected chi connectivity index (χ2v) is 5.43. The van der Waals surface area contributed by atoms with Gasteiger partial charge >= 0.3 is 0 Å². The van der Waals surface area contributed by atoms with Gasteiger partial charge in [-0.1, -0.05) is 19.1 Å². The third kappa shape index (κ3) is 3.71. The molecule has 0 saturated heterocycles. The van der Waals surface area contributed by atoms with Crippen molar-refractivity contribution in [1.29, 1.82) is 0 Å². The molecule has 1 rings (SSSR count). The minimum atomic E-state index is -0.0648. The topological polar surface area (TPSA) is 29.1 Å². The maximum atomic E-state index is 12.1. The Morgan fingerprint density at radius 2 is 2.12 bits per heavy atom. The number of amides is 1. The van der Waals surface area contributed by atoms with E-state index in [-0.39, 0.29) is 17.9 Å². The van der Waals surface area contributed by atoms with E-state index in [1.165, 1.54) is 0 Å². The number of carbonyl (C=O) groups is 1. The minimum Gasteiger partial charge on any atom is -0.349 e. The predicted octanol–water partition coefficient (Wildman–Crippen LogP) is 3.75. The SMILES string of the molecule is Cc1cccc(C(=O)NC(C)C(C)CCl)c1Br. The fourth-order valence-electron chi connectivity index (χ4n) is 1.38. The van der Waals surface area contributed by atoms with Gasteiger partial charge in [-0.25, -0.2) is 0 Å². The summed E-state index contributed by atoms with van der Waals surface area (Å²) in [5, 5.41) is 2.96. The summed E-state index contributed by atoms with van der Waals surface area (Å²) < 4.78 is 0.850. The van der Waals surface area contributed by atoms with Crippen LogP contribution in [-0.2, 0) is 0 Å². The fraction of sp³-hybridized carbons (Fsp3) is 0.462. The Labute approximate surface area is 116 Å². The normalized spacial score (nSPS) is 14.2. The zero-order valence-electron chi connectivity index (χ0n) is 10.3. The van der Waals surface area contributed by atoms with Gasteiger partial charge in [0.2, 0.25) is 0 Å². The molecule has 0 aliphatic heterocycles. The van der Waals surface area contributed by atoms with Gasteiger partial charge in [0.1, 0.15) is 0 Å². The number of nitrogens with one attached hydrogen (secondary N) is 1. The summed E-state index contributed by atoms with van der Waals surface area (Å²) in [6, 6.07) is 5.72. The van der Waals surface area contributed by atoms with E-state index in [0.29, 0.717) is 11.4 Å². The maximum Gasteiger partial charge on any atom is 0.252 e. The lowest BCUT2D eigenvalue weighted by atomic mass is 10.1. The first-order valence-electron chi connectivity index (χ1n) is 5.59. The Balaban J connectivity index is 2.80. The molecule has 1 aromatic carbocycles. The first-order chi connectivity index (χ1) is 7.97. The number of aryl methyl sites for hydroxylation is 1. The van der Waals surface area contributed by atoms with E-state index < -0.39 is 0 Å². The summed E-state index contributed by atoms with van der Waals surface area (Å²) in [6.07, 6.45) is 0. The van der Waals surface area contributed by atoms with Gasteiger partial charge in [0.15, 0.2) is 0 Å². The first-order valence-corrected chi connectivity index (χ1v) is 6.92. The highest BCUT2D eigenvalue weighted by atomic mass is 79.9. The van der Waals surface area contributed by atoms with Crippen LogP contribution in [0.25, 0.3) is 0 Å². The number of rotatable bonds is 4. The summed E-state index contributed by atoms with van der Waals surface area (Å²) in [6.45, 7) is 5.95. The van der Waals surface area contributed by atoms with E-state index in [1.807, 2.05) is 39.0 Å². The molecule has 0 aliphatic rings. The van der Waals surface area contributed by atoms with Gasteiger partial charge < -0.3 is 5.32 Å². The molecule has 0 fully saturated rings. The third-order valence-corrected chi connectivity index (χ3v) is 4.43. The first kappa shape index (κ1) is 14.5. The number of hydrogen-bond acceptors (Lipinski definition) is 1. The Bertz CT molecular complexity index is 408. The van der Waals surface area contributed by atoms with Crippen molar-refractivity contribution in [2.75, 3.05) is 5.88 Å². The van der Waals surface area contributed by atoms with Crippen LogP contribution in [0.1, 0.15) is 29.8 Å². The average molecular weight is 319 g/mol. The lowest BCUT2D eigenvalue weighted by molar-refractivity contribution is 0.0930. The highest BCUT2D eigenvalue weighted by Crippen LogP contribution is 2.21. The zero-order valence-corrected chi connectivity index (χ0v) is 12.6. The van der Waals surface area contributed by atoms with Crippen molar-refractivity contribution in [3.8, 4) is 0 Å². The molecular weight excluding hydrogens is 302 g/mol. The number of alkyl halides is 1. The highest BCUT2D eigenvalue weighted by molar-refractivity contribution is 9.10. The number of halogens is 2. The Kier molecular flexibility index (Phi) is 5.47. The molecule has 0 bridgehead atoms. The summed E-state index contributed by atoms with van der Waals surface area (Å²) in [5.74, 6) is 0.727. The minimum absolute atomic E-state index is 0.0624. The van der Waals surface area contributed by atoms with Gasteiger partial charge in [-0.15, -0.1) is 11.6 Å². The number of benzene rings is 1. The van der Waals surface area contributed by atoms with Crippen LogP contribution in [0.4, 0.5) is 0 Å². The number of hydrogen-bond donors (Lipinski definition) is 1. The summed E-state index contributed by atoms with van der Waals surface area (Å²) in [5.41, 5.74) is 1.72. The van der Waals surface area contributed by atoms with Crippen molar-refractivity contribution in [1.82, 2.24) is 5.32 Å². The Morgan fingerprint density at radius 1 is 1.47 bits per heavy atom. The van der Waals surface area contributed by atoms with E-state index in [0.717, 1.165) is 10.0 Å². The Morgan fingerprint density at radius 3 is 2.71 bits per heavy atom. The molecule has 0 saturated carbocycles. The second-order valence-electron chi connectivity index (χ2n) is 4.33. The van der Waals surface area contributed by atoms with E-state index in [2.05, 4.69) is 21.2 Å². The molecular formula is C13H17BrClNO. The lowest BCUT2D eigenvalue weighted by Gasteiger charge is -2.19. The van der Waals surface area contributed by atoms with Crippen molar-refractivity contribution in [3.63, 3.8) is 0 Å². The monoisotopic (exact) mass is 317 g/mol. The van der Waals surface area contributed by atoms with Crippen LogP contribution in [0.2, 0.25) is 0 Å². The van der Waals surface area contributed by atoms with Crippen LogP contribution in [-0.4, -0.2) is 17.8 Å². The summed E-state index contributed by atoms with van der Waals surface area (Å²) in [7, 11) is 0. The fourth-order valence-corrected chi connectivity index (χ4v) is 2.09. The standard InChI is InChI=1S/C13H17BrClNO/c1-8-5-4-6-11(12(8)14)13(17)16-10(3)9(2)7-15/h4-6,9-10H,7H2,1-3H3,(H,16,17). The molecule has 0 radical (unpaired) electrons. The van der Waals surface area contributed by atoms with E-state index in [1.54, 1.807) is 0 Å². The van der Waals surface area contributed by atoms with Crippen molar-refractivity contribution in [2.24, 2.45) is 5.92 Å². The molecule has 2 atom stereocenters. The smallest absolute Gasteiger partial charge is 0.252 e. The summed E-state index contributed by atoms with van der Waals surface area (Å²) >= 11 is 9.21. The van der Waals surface area contributed by atoms with Gasteiger partial charge in [0.05, 0.1) is 5.56 Å². The van der Waals surface area contributed by atoms with Crippen molar-refractivity contribution >= 4 is 33.4 Å². The molecule has 0 spiro atoms. The van der Waals surface area contributed by atoms with Crippen molar-refractivity contribution in [2.45, 2.75) is 26.8 Å². The van der Waals surface area contributed by atoms with E-state index in [9.17, 15) is 4.79 Å². The average Bonchev–Trinajstić information content (AvgIpc) is 2.31. The second kappa shape index (κ2) is 6.41. The molecule has 2 nitrogen and oxygen atoms in total. The van der Waals surface area contributed by atoms with Gasteiger partial charge in [-0.2, -0.15) is 0 Å². The molecule has 4 heteroatoms. The number of carbonyl (C=O) groups excluding carboxylic acids is 1. The third-order valence-electron chi connectivity index (χ3n) is 2.89. The molecule has 94 valence electrons. The van der Waals surface area contributed by atoms with Gasteiger partial charge in [0.25, 0.3) is 5.91 Å². The largest absolute Gasteiger partial charge is 0.349 e. The maximum absolute atomic E-state index is 12.1. The van der Waals surface area contributed by atoms with Crippen LogP contribution in [0, 0.1) is 12.8 Å². The van der Waals surface area contributed by atoms with Crippen molar-refractivity contribution < 1.29 is 4.79 Å². The van der Waals surface area contributed by atoms with Crippen LogP contribution in [0.5, 0.6) is 0 Å². The quantitative estimate of drug-likeness (QED) is 0.842. The molecule has 0 aliphatic carbocycles. The van der Waals surface area contributed by atoms with Crippen molar-refractivity contribution in [3.05, 3.63) is 33.8 Å². The molecule has 0 aromatic heterocycles. The molecule has 2 unspecified atom stereocenters. The van der Waals surface area contributed by atoms with E-state index >= 15 is 0 Å². The van der Waals surface area contributed by atoms with Gasteiger partial charge in [-0.3, -0.25) is 4.79 Å². The van der Waals surface area contributed by atoms with E-state index in [4.69, 9.17) is 11.6 Å². The summed E-state index contributed by atoms with van der Waals surface area (Å²) in [4.78, 5) is 12.1. The van der Waals surface area contributed by atoms with Crippen LogP contribution < -0.4 is 5.32 Å². The molecule has 17 heavy (non-hydrogen) atoms. The highest BCUT2D eigenvalue weighted by Gasteiger charge is 2.17. The molecule has 0 heterocycles. The van der Waals surface area contributed by atoms with Gasteiger partial charge in [-0.05, 0) is 47.3 Å². The molecule has 1 amide bonds. The van der Waals surface area contributed by atoms with Crippen LogP contribution in [0.3, 0.4) is 0 Å². The lowest BCUT2D eigenvalue weighted by Crippen LogP contribution is -2.37. The zero-order chi connectivity index (χ0) is 13.0.